The zero-order valence-corrected chi connectivity index (χ0v) is 26.1. The number of aryl methyl sites for hydroxylation is 3. The zero-order valence-electron chi connectivity index (χ0n) is 25.2. The Morgan fingerprint density at radius 1 is 1.14 bits per heavy atom. The molecule has 2 aliphatic rings. The summed E-state index contributed by atoms with van der Waals surface area (Å²) in [4.78, 5) is 44.4. The molecule has 14 heteroatoms. The number of aromatic nitrogens is 5. The van der Waals surface area contributed by atoms with Crippen LogP contribution in [0.2, 0.25) is 0 Å². The Kier molecular flexibility index (Phi) is 9.61. The number of benzene rings is 1. The van der Waals surface area contributed by atoms with Crippen molar-refractivity contribution in [2.24, 2.45) is 0 Å². The van der Waals surface area contributed by atoms with E-state index >= 15 is 0 Å². The van der Waals surface area contributed by atoms with Crippen molar-refractivity contribution in [3.05, 3.63) is 68.4 Å². The van der Waals surface area contributed by atoms with Crippen LogP contribution in [0.3, 0.4) is 0 Å². The van der Waals surface area contributed by atoms with Gasteiger partial charge in [0, 0.05) is 37.9 Å². The topological polar surface area (TPSA) is 134 Å². The first-order chi connectivity index (χ1) is 21.1. The van der Waals surface area contributed by atoms with Crippen molar-refractivity contribution in [3.8, 4) is 10.8 Å². The standard InChI is InChI=1S/C25H27FN6O4S.C5H10O2/c1-14(2)29-12-8-18(21(29)33)31-22(34)20-15(3)23(32-27-9-10-28-32)37-24(20)30(25(31)35)11-7-16-13-17(26)5-6-19(16)36-4;6-5-1-3-7-4-2-5/h5-6,9-10,13-14,18H,7-8,11-12H2,1-4H3;5-6H,1-4H2. The fourth-order valence-electron chi connectivity index (χ4n) is 5.63. The number of amides is 1. The van der Waals surface area contributed by atoms with E-state index in [0.29, 0.717) is 45.1 Å². The van der Waals surface area contributed by atoms with Crippen molar-refractivity contribution in [2.75, 3.05) is 26.9 Å². The van der Waals surface area contributed by atoms with Crippen molar-refractivity contribution in [3.63, 3.8) is 0 Å². The molecule has 0 saturated carbocycles. The Morgan fingerprint density at radius 3 is 2.43 bits per heavy atom. The summed E-state index contributed by atoms with van der Waals surface area (Å²) in [5, 5.41) is 18.2. The highest BCUT2D eigenvalue weighted by molar-refractivity contribution is 7.21. The predicted octanol–water partition coefficient (Wildman–Crippen LogP) is 2.84. The smallest absolute Gasteiger partial charge is 0.332 e. The van der Waals surface area contributed by atoms with E-state index in [0.717, 1.165) is 30.6 Å². The summed E-state index contributed by atoms with van der Waals surface area (Å²) in [7, 11) is 1.50. The summed E-state index contributed by atoms with van der Waals surface area (Å²) < 4.78 is 26.9. The number of likely N-dealkylation sites (tertiary alicyclic amines) is 1. The van der Waals surface area contributed by atoms with Crippen LogP contribution < -0.4 is 16.0 Å². The number of aliphatic hydroxyl groups excluding tert-OH is 1. The maximum atomic E-state index is 14.0. The average molecular weight is 629 g/mol. The van der Waals surface area contributed by atoms with Gasteiger partial charge in [-0.25, -0.2) is 13.8 Å². The molecule has 4 aromatic rings. The van der Waals surface area contributed by atoms with Crippen molar-refractivity contribution in [1.29, 1.82) is 0 Å². The lowest BCUT2D eigenvalue weighted by Crippen LogP contribution is -2.45. The van der Waals surface area contributed by atoms with Crippen LogP contribution in [0.5, 0.6) is 5.75 Å². The second-order valence-corrected chi connectivity index (χ2v) is 12.1. The molecule has 0 radical (unpaired) electrons. The molecule has 12 nitrogen and oxygen atoms in total. The van der Waals surface area contributed by atoms with Gasteiger partial charge in [0.05, 0.1) is 31.0 Å². The molecule has 0 spiro atoms. The molecule has 1 unspecified atom stereocenters. The van der Waals surface area contributed by atoms with Gasteiger partial charge >= 0.3 is 5.69 Å². The number of thiophene rings is 1. The molecule has 0 bridgehead atoms. The number of halogens is 1. The fourth-order valence-corrected chi connectivity index (χ4v) is 6.87. The van der Waals surface area contributed by atoms with Crippen molar-refractivity contribution >= 4 is 27.5 Å². The molecule has 1 aromatic carbocycles. The first-order valence-electron chi connectivity index (χ1n) is 14.7. The van der Waals surface area contributed by atoms with E-state index in [-0.39, 0.29) is 31.0 Å². The van der Waals surface area contributed by atoms with E-state index in [1.54, 1.807) is 17.9 Å². The molecule has 236 valence electrons. The molecule has 3 aromatic heterocycles. The Balaban J connectivity index is 0.000000484. The molecule has 0 aliphatic carbocycles. The molecule has 1 amide bonds. The summed E-state index contributed by atoms with van der Waals surface area (Å²) in [6.07, 6.45) is 5.25. The molecule has 44 heavy (non-hydrogen) atoms. The monoisotopic (exact) mass is 628 g/mol. The number of hydrogen-bond donors (Lipinski definition) is 1. The van der Waals surface area contributed by atoms with Gasteiger partial charge in [-0.3, -0.25) is 14.2 Å². The predicted molar refractivity (Wildman–Crippen MR) is 163 cm³/mol. The second-order valence-electron chi connectivity index (χ2n) is 11.1. The minimum absolute atomic E-state index is 0.0417. The largest absolute Gasteiger partial charge is 0.496 e. The normalized spacial score (nSPS) is 17.4. The quantitative estimate of drug-likeness (QED) is 0.330. The number of carbonyl (C=O) groups is 1. The van der Waals surface area contributed by atoms with E-state index in [1.165, 1.54) is 52.3 Å². The lowest BCUT2D eigenvalue weighted by molar-refractivity contribution is -0.131. The van der Waals surface area contributed by atoms with E-state index < -0.39 is 23.1 Å². The van der Waals surface area contributed by atoms with Gasteiger partial charge in [-0.2, -0.15) is 10.2 Å². The SMILES string of the molecule is COc1ccc(F)cc1CCn1c(=O)n(C2CCN(C(C)C)C2=O)c(=O)c2c(C)c(-n3nccn3)sc21.OC1CCOCC1. The van der Waals surface area contributed by atoms with Crippen LogP contribution >= 0.6 is 11.3 Å². The number of rotatable bonds is 7. The minimum Gasteiger partial charge on any atom is -0.496 e. The van der Waals surface area contributed by atoms with Crippen LogP contribution in [0.4, 0.5) is 4.39 Å². The van der Waals surface area contributed by atoms with Gasteiger partial charge in [-0.15, -0.1) is 4.80 Å². The minimum atomic E-state index is -0.882. The Labute approximate surface area is 257 Å². The average Bonchev–Trinajstić information content (AvgIpc) is 3.74. The maximum absolute atomic E-state index is 14.0. The molecule has 1 N–H and O–H groups in total. The molecule has 6 rings (SSSR count). The molecule has 2 aliphatic heterocycles. The van der Waals surface area contributed by atoms with E-state index in [4.69, 9.17) is 14.6 Å². The van der Waals surface area contributed by atoms with Gasteiger partial charge in [0.2, 0.25) is 5.91 Å². The summed E-state index contributed by atoms with van der Waals surface area (Å²) >= 11 is 1.23. The van der Waals surface area contributed by atoms with E-state index in [9.17, 15) is 18.8 Å². The van der Waals surface area contributed by atoms with Gasteiger partial charge in [0.15, 0.2) is 0 Å². The van der Waals surface area contributed by atoms with Crippen molar-refractivity contribution < 1.29 is 23.8 Å². The number of aliphatic hydroxyl groups is 1. The van der Waals surface area contributed by atoms with Crippen LogP contribution in [-0.2, 0) is 22.5 Å². The summed E-state index contributed by atoms with van der Waals surface area (Å²) in [5.41, 5.74) is 0.136. The molecule has 1 atom stereocenters. The van der Waals surface area contributed by atoms with Gasteiger partial charge in [0.1, 0.15) is 27.4 Å². The first-order valence-corrected chi connectivity index (χ1v) is 15.5. The fraction of sp³-hybridized carbons (Fsp3) is 0.500. The number of methoxy groups -OCH3 is 1. The highest BCUT2D eigenvalue weighted by atomic mass is 32.1. The Morgan fingerprint density at radius 2 is 1.84 bits per heavy atom. The van der Waals surface area contributed by atoms with Gasteiger partial charge < -0.3 is 19.5 Å². The van der Waals surface area contributed by atoms with E-state index in [1.807, 2.05) is 13.8 Å². The maximum Gasteiger partial charge on any atom is 0.332 e. The number of fused-ring (bicyclic) bond motifs is 1. The highest BCUT2D eigenvalue weighted by Gasteiger charge is 2.37. The third-order valence-corrected chi connectivity index (χ3v) is 9.28. The van der Waals surface area contributed by atoms with Crippen LogP contribution in [0.15, 0.2) is 40.2 Å². The van der Waals surface area contributed by atoms with E-state index in [2.05, 4.69) is 10.2 Å². The third-order valence-electron chi connectivity index (χ3n) is 8.00. The van der Waals surface area contributed by atoms with Crippen LogP contribution in [0, 0.1) is 12.7 Å². The Hall–Kier alpha value is -3.88. The number of hydrogen-bond acceptors (Lipinski definition) is 9. The Bertz CT molecular complexity index is 1740. The van der Waals surface area contributed by atoms with Crippen molar-refractivity contribution in [2.45, 2.75) is 71.2 Å². The summed E-state index contributed by atoms with van der Waals surface area (Å²) in [6, 6.07) is 3.30. The molecular formula is C30H37FN6O6S. The lowest BCUT2D eigenvalue weighted by atomic mass is 10.1. The van der Waals surface area contributed by atoms with Crippen molar-refractivity contribution in [1.82, 2.24) is 29.0 Å². The third kappa shape index (κ3) is 6.19. The van der Waals surface area contributed by atoms with Gasteiger partial charge in [-0.1, -0.05) is 11.3 Å². The highest BCUT2D eigenvalue weighted by Crippen LogP contribution is 2.32. The number of carbonyl (C=O) groups excluding carboxylic acids is 1. The number of nitrogens with zero attached hydrogens (tertiary/aromatic N) is 6. The molecule has 5 heterocycles. The van der Waals surface area contributed by atoms with Crippen LogP contribution in [0.1, 0.15) is 50.3 Å². The first kappa shape index (κ1) is 31.5. The molecule has 2 saturated heterocycles. The summed E-state index contributed by atoms with van der Waals surface area (Å²) in [5.74, 6) is -0.155. The molecule has 2 fully saturated rings. The van der Waals surface area contributed by atoms with Gasteiger partial charge in [0.25, 0.3) is 5.56 Å². The molecular weight excluding hydrogens is 591 g/mol. The zero-order chi connectivity index (χ0) is 31.5. The van der Waals surface area contributed by atoms with Crippen LogP contribution in [0.25, 0.3) is 15.2 Å². The lowest BCUT2D eigenvalue weighted by Gasteiger charge is -2.21. The van der Waals surface area contributed by atoms with Gasteiger partial charge in [-0.05, 0) is 70.2 Å². The van der Waals surface area contributed by atoms with Crippen LogP contribution in [-0.4, -0.2) is 79.1 Å². The summed E-state index contributed by atoms with van der Waals surface area (Å²) in [6.45, 7) is 7.69. The number of ether oxygens (including phenoxy) is 2. The second kappa shape index (κ2) is 13.4.